The first-order valence-electron chi connectivity index (χ1n) is 4.67. The monoisotopic (exact) mass is 230 g/mol. The summed E-state index contributed by atoms with van der Waals surface area (Å²) in [5.41, 5.74) is 0. The second-order valence-electron chi connectivity index (χ2n) is 3.23. The van der Waals surface area contributed by atoms with Crippen molar-refractivity contribution in [3.8, 4) is 0 Å². The molecule has 0 atom stereocenters. The number of hydrogen-bond donors (Lipinski definition) is 0. The highest BCUT2D eigenvalue weighted by Gasteiger charge is 2.04. The van der Waals surface area contributed by atoms with E-state index in [1.54, 1.807) is 0 Å². The minimum atomic E-state index is -0.439. The molecule has 0 N–H and O–H groups in total. The first-order chi connectivity index (χ1) is 7.09. The third kappa shape index (κ3) is 4.42. The van der Waals surface area contributed by atoms with Gasteiger partial charge in [0.2, 0.25) is 0 Å². The van der Waals surface area contributed by atoms with Crippen molar-refractivity contribution in [3.05, 3.63) is 29.8 Å². The molecule has 0 aliphatic heterocycles. The summed E-state index contributed by atoms with van der Waals surface area (Å²) in [6, 6.07) is 3.38. The van der Waals surface area contributed by atoms with Gasteiger partial charge in [-0.05, 0) is 37.3 Å². The van der Waals surface area contributed by atoms with E-state index in [2.05, 4.69) is 0 Å². The van der Waals surface area contributed by atoms with E-state index >= 15 is 0 Å². The molecule has 0 spiro atoms. The van der Waals surface area contributed by atoms with Crippen molar-refractivity contribution >= 4 is 17.5 Å². The number of ketones is 1. The van der Waals surface area contributed by atoms with E-state index < -0.39 is 11.6 Å². The third-order valence-electron chi connectivity index (χ3n) is 1.82. The van der Waals surface area contributed by atoms with E-state index in [4.69, 9.17) is 0 Å². The molecular weight excluding hydrogens is 218 g/mol. The van der Waals surface area contributed by atoms with Crippen LogP contribution >= 0.6 is 11.8 Å². The number of carbonyl (C=O) groups is 1. The van der Waals surface area contributed by atoms with E-state index in [-0.39, 0.29) is 5.78 Å². The van der Waals surface area contributed by atoms with Crippen LogP contribution in [0, 0.1) is 11.6 Å². The Morgan fingerprint density at radius 2 is 2.13 bits per heavy atom. The lowest BCUT2D eigenvalue weighted by Crippen LogP contribution is -1.91. The lowest BCUT2D eigenvalue weighted by Gasteiger charge is -2.02. The molecule has 1 nitrogen and oxygen atoms in total. The van der Waals surface area contributed by atoms with E-state index in [1.165, 1.54) is 24.8 Å². The highest BCUT2D eigenvalue weighted by atomic mass is 32.2. The average Bonchev–Trinajstić information content (AvgIpc) is 2.17. The molecule has 1 rings (SSSR count). The highest BCUT2D eigenvalue weighted by Crippen LogP contribution is 2.23. The molecule has 0 aromatic heterocycles. The topological polar surface area (TPSA) is 17.1 Å². The summed E-state index contributed by atoms with van der Waals surface area (Å²) in [6.45, 7) is 1.52. The number of halogens is 2. The minimum Gasteiger partial charge on any atom is -0.300 e. The van der Waals surface area contributed by atoms with Crippen LogP contribution in [-0.4, -0.2) is 11.5 Å². The molecule has 0 bridgehead atoms. The van der Waals surface area contributed by atoms with Crippen LogP contribution in [0.4, 0.5) is 8.78 Å². The predicted octanol–water partition coefficient (Wildman–Crippen LogP) is 3.43. The second-order valence-corrected chi connectivity index (χ2v) is 4.37. The van der Waals surface area contributed by atoms with Crippen LogP contribution in [0.3, 0.4) is 0 Å². The Morgan fingerprint density at radius 3 is 2.80 bits per heavy atom. The van der Waals surface area contributed by atoms with Crippen molar-refractivity contribution in [2.45, 2.75) is 24.7 Å². The smallest absolute Gasteiger partial charge is 0.136 e. The number of rotatable bonds is 5. The number of benzene rings is 1. The maximum absolute atomic E-state index is 13.1. The summed E-state index contributed by atoms with van der Waals surface area (Å²) in [4.78, 5) is 10.9. The molecule has 4 heteroatoms. The molecule has 0 amide bonds. The van der Waals surface area contributed by atoms with Crippen LogP contribution in [0.15, 0.2) is 23.1 Å². The van der Waals surface area contributed by atoms with Gasteiger partial charge in [0.05, 0.1) is 0 Å². The van der Waals surface area contributed by atoms with Gasteiger partial charge < -0.3 is 4.79 Å². The van der Waals surface area contributed by atoms with Gasteiger partial charge in [-0.25, -0.2) is 8.78 Å². The van der Waals surface area contributed by atoms with E-state index in [9.17, 15) is 13.6 Å². The van der Waals surface area contributed by atoms with Crippen molar-refractivity contribution in [3.63, 3.8) is 0 Å². The van der Waals surface area contributed by atoms with Crippen molar-refractivity contribution in [2.24, 2.45) is 0 Å². The summed E-state index contributed by atoms with van der Waals surface area (Å²) in [5.74, 6) is -0.107. The number of thioether (sulfide) groups is 1. The van der Waals surface area contributed by atoms with Crippen LogP contribution < -0.4 is 0 Å². The molecule has 0 fully saturated rings. The molecule has 1 aromatic rings. The molecule has 15 heavy (non-hydrogen) atoms. The fourth-order valence-corrected chi connectivity index (χ4v) is 2.00. The van der Waals surface area contributed by atoms with Gasteiger partial charge in [0, 0.05) is 11.3 Å². The summed E-state index contributed by atoms with van der Waals surface area (Å²) >= 11 is 1.24. The Morgan fingerprint density at radius 1 is 1.40 bits per heavy atom. The van der Waals surface area contributed by atoms with Crippen molar-refractivity contribution in [1.29, 1.82) is 0 Å². The summed E-state index contributed by atoms with van der Waals surface area (Å²) < 4.78 is 25.9. The first-order valence-corrected chi connectivity index (χ1v) is 5.65. The first kappa shape index (κ1) is 12.2. The molecular formula is C11H12F2OS. The van der Waals surface area contributed by atoms with Gasteiger partial charge in [-0.1, -0.05) is 0 Å². The van der Waals surface area contributed by atoms with Crippen LogP contribution in [0.2, 0.25) is 0 Å². The zero-order valence-electron chi connectivity index (χ0n) is 8.43. The number of carbonyl (C=O) groups excluding carboxylic acids is 1. The molecule has 0 saturated carbocycles. The van der Waals surface area contributed by atoms with E-state index in [0.29, 0.717) is 23.5 Å². The lowest BCUT2D eigenvalue weighted by molar-refractivity contribution is -0.117. The second kappa shape index (κ2) is 5.85. The van der Waals surface area contributed by atoms with Crippen molar-refractivity contribution < 1.29 is 13.6 Å². The fraction of sp³-hybridized carbons (Fsp3) is 0.364. The normalized spacial score (nSPS) is 10.3. The Labute approximate surface area is 91.9 Å². The fourth-order valence-electron chi connectivity index (χ4n) is 1.09. The van der Waals surface area contributed by atoms with Gasteiger partial charge in [0.1, 0.15) is 17.4 Å². The molecule has 0 saturated heterocycles. The quantitative estimate of drug-likeness (QED) is 0.569. The molecule has 0 unspecified atom stereocenters. The molecule has 82 valence electrons. The zero-order valence-corrected chi connectivity index (χ0v) is 9.24. The molecule has 0 aliphatic carbocycles. The van der Waals surface area contributed by atoms with Crippen LogP contribution in [-0.2, 0) is 4.79 Å². The molecule has 0 radical (unpaired) electrons. The van der Waals surface area contributed by atoms with Gasteiger partial charge >= 0.3 is 0 Å². The largest absolute Gasteiger partial charge is 0.300 e. The van der Waals surface area contributed by atoms with Gasteiger partial charge in [0.15, 0.2) is 0 Å². The maximum Gasteiger partial charge on any atom is 0.136 e. The number of hydrogen-bond acceptors (Lipinski definition) is 2. The van der Waals surface area contributed by atoms with Crippen molar-refractivity contribution in [1.82, 2.24) is 0 Å². The highest BCUT2D eigenvalue weighted by molar-refractivity contribution is 7.99. The summed E-state index contributed by atoms with van der Waals surface area (Å²) in [7, 11) is 0. The van der Waals surface area contributed by atoms with Crippen LogP contribution in [0.5, 0.6) is 0 Å². The molecule has 1 aromatic carbocycles. The van der Waals surface area contributed by atoms with E-state index in [1.807, 2.05) is 0 Å². The minimum absolute atomic E-state index is 0.121. The van der Waals surface area contributed by atoms with Gasteiger partial charge in [-0.15, -0.1) is 11.8 Å². The zero-order chi connectivity index (χ0) is 11.3. The summed E-state index contributed by atoms with van der Waals surface area (Å²) in [6.07, 6.45) is 1.18. The SMILES string of the molecule is CC(=O)CCCSc1cc(F)ccc1F. The van der Waals surface area contributed by atoms with Gasteiger partial charge in [0.25, 0.3) is 0 Å². The van der Waals surface area contributed by atoms with Gasteiger partial charge in [-0.2, -0.15) is 0 Å². The van der Waals surface area contributed by atoms with Crippen molar-refractivity contribution in [2.75, 3.05) is 5.75 Å². The predicted molar refractivity (Wildman–Crippen MR) is 57.0 cm³/mol. The lowest BCUT2D eigenvalue weighted by atomic mass is 10.3. The average molecular weight is 230 g/mol. The Hall–Kier alpha value is -0.900. The van der Waals surface area contributed by atoms with E-state index in [0.717, 1.165) is 12.1 Å². The summed E-state index contributed by atoms with van der Waals surface area (Å²) in [5, 5.41) is 0. The maximum atomic E-state index is 13.1. The Balaban J connectivity index is 2.43. The van der Waals surface area contributed by atoms with Gasteiger partial charge in [-0.3, -0.25) is 0 Å². The molecule has 0 heterocycles. The number of Topliss-reactive ketones (excluding diaryl/α,β-unsaturated/α-hetero) is 1. The van der Waals surface area contributed by atoms with Crippen LogP contribution in [0.1, 0.15) is 19.8 Å². The Bertz CT molecular complexity index is 352. The standard InChI is InChI=1S/C11H12F2OS/c1-8(14)3-2-6-15-11-7-9(12)4-5-10(11)13/h4-5,7H,2-3,6H2,1H3. The Kier molecular flexibility index (Phi) is 4.75. The van der Waals surface area contributed by atoms with Crippen LogP contribution in [0.25, 0.3) is 0 Å². The molecule has 0 aliphatic rings. The third-order valence-corrected chi connectivity index (χ3v) is 2.94.